The first-order valence-electron chi connectivity index (χ1n) is 7.56. The highest BCUT2D eigenvalue weighted by molar-refractivity contribution is 7.13. The minimum Gasteiger partial charge on any atom is -0.494 e. The lowest BCUT2D eigenvalue weighted by Crippen LogP contribution is -2.06. The summed E-state index contributed by atoms with van der Waals surface area (Å²) in [5.41, 5.74) is 1.61. The van der Waals surface area contributed by atoms with Crippen LogP contribution < -0.4 is 15.1 Å². The van der Waals surface area contributed by atoms with Gasteiger partial charge in [-0.3, -0.25) is 0 Å². The highest BCUT2D eigenvalue weighted by Gasteiger charge is 2.18. The quantitative estimate of drug-likeness (QED) is 0.640. The van der Waals surface area contributed by atoms with Crippen molar-refractivity contribution >= 4 is 22.3 Å². The van der Waals surface area contributed by atoms with Crippen molar-refractivity contribution in [2.75, 3.05) is 13.2 Å². The molecule has 0 saturated carbocycles. The van der Waals surface area contributed by atoms with Crippen LogP contribution in [0.2, 0.25) is 0 Å². The summed E-state index contributed by atoms with van der Waals surface area (Å²) in [6.45, 7) is 6.82. The van der Waals surface area contributed by atoms with Crippen LogP contribution in [0.4, 0.5) is 0 Å². The smallest absolute Gasteiger partial charge is 0.345 e. The van der Waals surface area contributed by atoms with Crippen molar-refractivity contribution in [3.63, 3.8) is 0 Å². The molecule has 1 aromatic carbocycles. The van der Waals surface area contributed by atoms with E-state index in [1.807, 2.05) is 44.4 Å². The fourth-order valence-electron chi connectivity index (χ4n) is 2.67. The summed E-state index contributed by atoms with van der Waals surface area (Å²) in [4.78, 5) is 13.3. The Morgan fingerprint density at radius 1 is 1.17 bits per heavy atom. The molecule has 4 nitrogen and oxygen atoms in total. The Hall–Kier alpha value is -2.27. The Morgan fingerprint density at radius 2 is 1.96 bits per heavy atom. The molecule has 0 bridgehead atoms. The summed E-state index contributed by atoms with van der Waals surface area (Å²) in [5.74, 6) is 1.31. The van der Waals surface area contributed by atoms with Gasteiger partial charge in [0, 0.05) is 17.0 Å². The standard InChI is InChI=1S/C18H18O4S/c1-4-20-12-9-13(21-5-2)16-11(3)17(15-7-6-8-23-15)18(19)22-14(16)10-12/h6-10H,4-5H2,1-3H3. The summed E-state index contributed by atoms with van der Waals surface area (Å²) >= 11 is 1.52. The van der Waals surface area contributed by atoms with Crippen molar-refractivity contribution in [2.24, 2.45) is 0 Å². The largest absolute Gasteiger partial charge is 0.494 e. The number of benzene rings is 1. The first kappa shape index (κ1) is 15.6. The van der Waals surface area contributed by atoms with E-state index in [4.69, 9.17) is 13.9 Å². The fraction of sp³-hybridized carbons (Fsp3) is 0.278. The molecule has 0 radical (unpaired) electrons. The number of ether oxygens (including phenoxy) is 2. The molecule has 23 heavy (non-hydrogen) atoms. The second-order valence-electron chi connectivity index (χ2n) is 5.03. The number of rotatable bonds is 5. The van der Waals surface area contributed by atoms with Gasteiger partial charge in [-0.05, 0) is 37.8 Å². The van der Waals surface area contributed by atoms with Crippen molar-refractivity contribution in [1.29, 1.82) is 0 Å². The predicted molar refractivity (Wildman–Crippen MR) is 92.9 cm³/mol. The van der Waals surface area contributed by atoms with Crippen molar-refractivity contribution in [2.45, 2.75) is 20.8 Å². The highest BCUT2D eigenvalue weighted by Crippen LogP contribution is 2.37. The van der Waals surface area contributed by atoms with E-state index in [9.17, 15) is 4.79 Å². The van der Waals surface area contributed by atoms with E-state index >= 15 is 0 Å². The zero-order valence-corrected chi connectivity index (χ0v) is 14.2. The SMILES string of the molecule is CCOc1cc(OCC)c2c(C)c(-c3cccs3)c(=O)oc2c1. The van der Waals surface area contributed by atoms with Gasteiger partial charge in [0.15, 0.2) is 0 Å². The van der Waals surface area contributed by atoms with Crippen LogP contribution in [0, 0.1) is 6.92 Å². The molecule has 0 aliphatic heterocycles. The third-order valence-corrected chi connectivity index (χ3v) is 4.46. The zero-order chi connectivity index (χ0) is 16.4. The summed E-state index contributed by atoms with van der Waals surface area (Å²) in [7, 11) is 0. The molecular formula is C18H18O4S. The molecule has 3 rings (SSSR count). The average Bonchev–Trinajstić information content (AvgIpc) is 3.01. The fourth-order valence-corrected chi connectivity index (χ4v) is 3.49. The van der Waals surface area contributed by atoms with E-state index in [0.717, 1.165) is 15.8 Å². The maximum Gasteiger partial charge on any atom is 0.345 e. The van der Waals surface area contributed by atoms with Crippen molar-refractivity contribution in [3.05, 3.63) is 45.6 Å². The van der Waals surface area contributed by atoms with Crippen LogP contribution in [-0.4, -0.2) is 13.2 Å². The second-order valence-corrected chi connectivity index (χ2v) is 5.98. The van der Waals surface area contributed by atoms with Gasteiger partial charge in [0.2, 0.25) is 0 Å². The molecule has 0 aliphatic rings. The van der Waals surface area contributed by atoms with Crippen molar-refractivity contribution in [1.82, 2.24) is 0 Å². The maximum absolute atomic E-state index is 12.4. The summed E-state index contributed by atoms with van der Waals surface area (Å²) < 4.78 is 16.9. The van der Waals surface area contributed by atoms with Gasteiger partial charge in [-0.2, -0.15) is 0 Å². The summed E-state index contributed by atoms with van der Waals surface area (Å²) in [6.07, 6.45) is 0. The van der Waals surface area contributed by atoms with E-state index in [0.29, 0.717) is 35.9 Å². The Bertz CT molecular complexity index is 878. The number of thiophene rings is 1. The second kappa shape index (κ2) is 6.46. The Labute approximate surface area is 138 Å². The van der Waals surface area contributed by atoms with Crippen LogP contribution in [-0.2, 0) is 0 Å². The molecular weight excluding hydrogens is 312 g/mol. The highest BCUT2D eigenvalue weighted by atomic mass is 32.1. The summed E-state index contributed by atoms with van der Waals surface area (Å²) in [6, 6.07) is 7.43. The number of hydrogen-bond acceptors (Lipinski definition) is 5. The van der Waals surface area contributed by atoms with Gasteiger partial charge >= 0.3 is 5.63 Å². The molecule has 0 N–H and O–H groups in total. The van der Waals surface area contributed by atoms with E-state index in [-0.39, 0.29) is 5.63 Å². The lowest BCUT2D eigenvalue weighted by Gasteiger charge is -2.13. The number of aryl methyl sites for hydroxylation is 1. The molecule has 0 amide bonds. The topological polar surface area (TPSA) is 48.7 Å². The van der Waals surface area contributed by atoms with Crippen LogP contribution in [0.1, 0.15) is 19.4 Å². The van der Waals surface area contributed by atoms with E-state index in [2.05, 4.69) is 0 Å². The van der Waals surface area contributed by atoms with Crippen molar-refractivity contribution < 1.29 is 13.9 Å². The van der Waals surface area contributed by atoms with Crippen LogP contribution in [0.15, 0.2) is 38.9 Å². The third kappa shape index (κ3) is 2.84. The van der Waals surface area contributed by atoms with Crippen LogP contribution in [0.5, 0.6) is 11.5 Å². The van der Waals surface area contributed by atoms with E-state index < -0.39 is 0 Å². The zero-order valence-electron chi connectivity index (χ0n) is 13.3. The molecule has 2 heterocycles. The molecule has 0 spiro atoms. The van der Waals surface area contributed by atoms with E-state index in [1.165, 1.54) is 11.3 Å². The average molecular weight is 330 g/mol. The third-order valence-electron chi connectivity index (χ3n) is 3.57. The molecule has 120 valence electrons. The van der Waals surface area contributed by atoms with Crippen LogP contribution in [0.3, 0.4) is 0 Å². The first-order valence-corrected chi connectivity index (χ1v) is 8.44. The summed E-state index contributed by atoms with van der Waals surface area (Å²) in [5, 5.41) is 2.76. The normalized spacial score (nSPS) is 10.9. The Kier molecular flexibility index (Phi) is 4.39. The van der Waals surface area contributed by atoms with Gasteiger partial charge in [-0.1, -0.05) is 6.07 Å². The van der Waals surface area contributed by atoms with Gasteiger partial charge in [0.25, 0.3) is 0 Å². The Morgan fingerprint density at radius 3 is 2.61 bits per heavy atom. The number of fused-ring (bicyclic) bond motifs is 1. The Balaban J connectivity index is 2.33. The van der Waals surface area contributed by atoms with E-state index in [1.54, 1.807) is 6.07 Å². The van der Waals surface area contributed by atoms with Crippen molar-refractivity contribution in [3.8, 4) is 21.9 Å². The molecule has 0 fully saturated rings. The minimum atomic E-state index is -0.339. The maximum atomic E-state index is 12.4. The van der Waals surface area contributed by atoms with Crippen LogP contribution in [0.25, 0.3) is 21.4 Å². The first-order chi connectivity index (χ1) is 11.2. The van der Waals surface area contributed by atoms with Gasteiger partial charge < -0.3 is 13.9 Å². The monoisotopic (exact) mass is 330 g/mol. The lowest BCUT2D eigenvalue weighted by atomic mass is 10.0. The molecule has 0 unspecified atom stereocenters. The molecule has 0 aliphatic carbocycles. The minimum absolute atomic E-state index is 0.339. The molecule has 3 aromatic rings. The van der Waals surface area contributed by atoms with Gasteiger partial charge in [-0.15, -0.1) is 11.3 Å². The molecule has 0 atom stereocenters. The predicted octanol–water partition coefficient (Wildman–Crippen LogP) is 4.63. The van der Waals surface area contributed by atoms with Gasteiger partial charge in [-0.25, -0.2) is 4.79 Å². The van der Waals surface area contributed by atoms with Gasteiger partial charge in [0.1, 0.15) is 17.1 Å². The molecule has 0 saturated heterocycles. The number of hydrogen-bond donors (Lipinski definition) is 0. The molecule has 5 heteroatoms. The van der Waals surface area contributed by atoms with Crippen LogP contribution >= 0.6 is 11.3 Å². The lowest BCUT2D eigenvalue weighted by molar-refractivity contribution is 0.325. The molecule has 2 aromatic heterocycles. The van der Waals surface area contributed by atoms with Gasteiger partial charge in [0.05, 0.1) is 24.2 Å².